The number of esters is 1. The van der Waals surface area contributed by atoms with E-state index in [-0.39, 0.29) is 22.1 Å². The number of carbonyl (C=O) groups excluding carboxylic acids is 2. The fourth-order valence-corrected chi connectivity index (χ4v) is 2.96. The van der Waals surface area contributed by atoms with Gasteiger partial charge in [-0.05, 0) is 42.0 Å². The molecule has 0 unspecified atom stereocenters. The molecule has 0 saturated carbocycles. The van der Waals surface area contributed by atoms with Gasteiger partial charge in [-0.15, -0.1) is 0 Å². The van der Waals surface area contributed by atoms with E-state index in [9.17, 15) is 14.9 Å². The summed E-state index contributed by atoms with van der Waals surface area (Å²) in [6, 6.07) is 12.9. The van der Waals surface area contributed by atoms with Crippen LogP contribution >= 0.6 is 23.2 Å². The van der Waals surface area contributed by atoms with Gasteiger partial charge in [0.05, 0.1) is 28.8 Å². The molecule has 0 N–H and O–H groups in total. The number of hydrogen-bond donors (Lipinski definition) is 0. The molecule has 1 saturated heterocycles. The quantitative estimate of drug-likeness (QED) is 0.317. The number of amides is 1. The van der Waals surface area contributed by atoms with Crippen molar-refractivity contribution in [2.24, 2.45) is 0 Å². The number of halogens is 2. The Hall–Kier alpha value is -2.85. The summed E-state index contributed by atoms with van der Waals surface area (Å²) >= 11 is 11.8. The van der Waals surface area contributed by atoms with Gasteiger partial charge in [0, 0.05) is 13.1 Å². The summed E-state index contributed by atoms with van der Waals surface area (Å²) in [4.78, 5) is 26.2. The Balaban J connectivity index is 1.69. The van der Waals surface area contributed by atoms with Crippen LogP contribution in [0.3, 0.4) is 0 Å². The van der Waals surface area contributed by atoms with Gasteiger partial charge in [-0.3, -0.25) is 4.79 Å². The number of rotatable bonds is 4. The molecule has 0 aromatic heterocycles. The van der Waals surface area contributed by atoms with Gasteiger partial charge in [0.15, 0.2) is 0 Å². The minimum Gasteiger partial charge on any atom is -0.423 e. The van der Waals surface area contributed by atoms with Crippen LogP contribution < -0.4 is 4.74 Å². The number of morpholine rings is 1. The Kier molecular flexibility index (Phi) is 6.89. The van der Waals surface area contributed by atoms with Crippen molar-refractivity contribution in [1.82, 2.24) is 4.90 Å². The highest BCUT2D eigenvalue weighted by Crippen LogP contribution is 2.24. The van der Waals surface area contributed by atoms with Gasteiger partial charge in [0.1, 0.15) is 17.4 Å². The van der Waals surface area contributed by atoms with E-state index in [1.165, 1.54) is 24.3 Å². The lowest BCUT2D eigenvalue weighted by molar-refractivity contribution is -0.130. The maximum atomic E-state index is 12.4. The first-order chi connectivity index (χ1) is 14.0. The van der Waals surface area contributed by atoms with Crippen LogP contribution in [-0.2, 0) is 9.53 Å². The zero-order valence-corrected chi connectivity index (χ0v) is 16.7. The molecular weight excluding hydrogens is 415 g/mol. The molecule has 0 atom stereocenters. The molecule has 1 fully saturated rings. The smallest absolute Gasteiger partial charge is 0.343 e. The van der Waals surface area contributed by atoms with Crippen LogP contribution in [0.2, 0.25) is 10.0 Å². The molecule has 6 nitrogen and oxygen atoms in total. The average Bonchev–Trinajstić information content (AvgIpc) is 2.75. The Morgan fingerprint density at radius 3 is 2.38 bits per heavy atom. The molecule has 148 valence electrons. The molecule has 0 spiro atoms. The summed E-state index contributed by atoms with van der Waals surface area (Å²) in [5, 5.41) is 9.95. The number of nitriles is 1. The molecular formula is C21H16Cl2N2O4. The molecule has 2 aromatic carbocycles. The number of hydrogen-bond acceptors (Lipinski definition) is 5. The number of benzene rings is 2. The van der Waals surface area contributed by atoms with E-state index >= 15 is 0 Å². The molecule has 3 rings (SSSR count). The van der Waals surface area contributed by atoms with Gasteiger partial charge in [-0.1, -0.05) is 35.3 Å². The minimum atomic E-state index is -0.577. The first-order valence-electron chi connectivity index (χ1n) is 8.74. The van der Waals surface area contributed by atoms with E-state index < -0.39 is 5.97 Å². The Bertz CT molecular complexity index is 991. The summed E-state index contributed by atoms with van der Waals surface area (Å²) in [5.41, 5.74) is 0.941. The lowest BCUT2D eigenvalue weighted by Crippen LogP contribution is -2.41. The SMILES string of the molecule is N#C/C(=C\c1ccc(OC(=O)c2ccc(Cl)c(Cl)c2)cc1)C(=O)N1CCOCC1. The Labute approximate surface area is 177 Å². The monoisotopic (exact) mass is 430 g/mol. The molecule has 1 amide bonds. The fourth-order valence-electron chi connectivity index (χ4n) is 2.67. The number of carbonyl (C=O) groups is 2. The van der Waals surface area contributed by atoms with Crippen molar-refractivity contribution in [1.29, 1.82) is 5.26 Å². The summed E-state index contributed by atoms with van der Waals surface area (Å²) in [6.45, 7) is 1.84. The van der Waals surface area contributed by atoms with E-state index in [0.717, 1.165) is 0 Å². The zero-order chi connectivity index (χ0) is 20.8. The lowest BCUT2D eigenvalue weighted by Gasteiger charge is -2.26. The second kappa shape index (κ2) is 9.57. The second-order valence-electron chi connectivity index (χ2n) is 6.16. The van der Waals surface area contributed by atoms with Crippen molar-refractivity contribution < 1.29 is 19.1 Å². The normalized spacial score (nSPS) is 14.2. The van der Waals surface area contributed by atoms with Crippen molar-refractivity contribution in [2.45, 2.75) is 0 Å². The van der Waals surface area contributed by atoms with Crippen molar-refractivity contribution in [2.75, 3.05) is 26.3 Å². The number of ether oxygens (including phenoxy) is 2. The third-order valence-corrected chi connectivity index (χ3v) is 4.95. The van der Waals surface area contributed by atoms with E-state index in [0.29, 0.717) is 42.6 Å². The van der Waals surface area contributed by atoms with Crippen LogP contribution in [0.25, 0.3) is 6.08 Å². The van der Waals surface area contributed by atoms with Crippen LogP contribution in [0.15, 0.2) is 48.0 Å². The predicted octanol–water partition coefficient (Wildman–Crippen LogP) is 3.98. The minimum absolute atomic E-state index is 0.0347. The van der Waals surface area contributed by atoms with Crippen LogP contribution in [0.1, 0.15) is 15.9 Å². The molecule has 2 aromatic rings. The van der Waals surface area contributed by atoms with Crippen LogP contribution in [0.5, 0.6) is 5.75 Å². The molecule has 1 aliphatic heterocycles. The van der Waals surface area contributed by atoms with Crippen molar-refractivity contribution in [3.05, 3.63) is 69.2 Å². The summed E-state index contributed by atoms with van der Waals surface area (Å²) in [5.74, 6) is -0.589. The van der Waals surface area contributed by atoms with Crippen molar-refractivity contribution >= 4 is 41.2 Å². The van der Waals surface area contributed by atoms with Gasteiger partial charge in [0.25, 0.3) is 5.91 Å². The van der Waals surface area contributed by atoms with Gasteiger partial charge in [-0.25, -0.2) is 4.79 Å². The average molecular weight is 431 g/mol. The van der Waals surface area contributed by atoms with Crippen LogP contribution in [0, 0.1) is 11.3 Å². The van der Waals surface area contributed by atoms with Gasteiger partial charge < -0.3 is 14.4 Å². The van der Waals surface area contributed by atoms with Gasteiger partial charge in [0.2, 0.25) is 0 Å². The van der Waals surface area contributed by atoms with E-state index in [4.69, 9.17) is 32.7 Å². The maximum absolute atomic E-state index is 12.4. The van der Waals surface area contributed by atoms with Crippen molar-refractivity contribution in [3.63, 3.8) is 0 Å². The summed E-state index contributed by atoms with van der Waals surface area (Å²) < 4.78 is 10.5. The molecule has 1 heterocycles. The highest BCUT2D eigenvalue weighted by atomic mass is 35.5. The van der Waals surface area contributed by atoms with Crippen LogP contribution in [0.4, 0.5) is 0 Å². The molecule has 8 heteroatoms. The largest absolute Gasteiger partial charge is 0.423 e. The molecule has 29 heavy (non-hydrogen) atoms. The zero-order valence-electron chi connectivity index (χ0n) is 15.2. The van der Waals surface area contributed by atoms with E-state index in [2.05, 4.69) is 0 Å². The molecule has 0 radical (unpaired) electrons. The van der Waals surface area contributed by atoms with Gasteiger partial charge in [-0.2, -0.15) is 5.26 Å². The van der Waals surface area contributed by atoms with Crippen molar-refractivity contribution in [3.8, 4) is 11.8 Å². The lowest BCUT2D eigenvalue weighted by atomic mass is 10.1. The first-order valence-corrected chi connectivity index (χ1v) is 9.49. The second-order valence-corrected chi connectivity index (χ2v) is 6.98. The molecule has 1 aliphatic rings. The Morgan fingerprint density at radius 1 is 1.07 bits per heavy atom. The first kappa shape index (κ1) is 20.9. The third kappa shape index (κ3) is 5.36. The van der Waals surface area contributed by atoms with Gasteiger partial charge >= 0.3 is 5.97 Å². The van der Waals surface area contributed by atoms with E-state index in [1.54, 1.807) is 29.2 Å². The van der Waals surface area contributed by atoms with Crippen LogP contribution in [-0.4, -0.2) is 43.1 Å². The third-order valence-electron chi connectivity index (χ3n) is 4.21. The summed E-state index contributed by atoms with van der Waals surface area (Å²) in [7, 11) is 0. The molecule has 0 aliphatic carbocycles. The Morgan fingerprint density at radius 2 is 1.76 bits per heavy atom. The number of nitrogens with zero attached hydrogens (tertiary/aromatic N) is 2. The summed E-state index contributed by atoms with van der Waals surface area (Å²) in [6.07, 6.45) is 1.50. The molecule has 0 bridgehead atoms. The fraction of sp³-hybridized carbons (Fsp3) is 0.190. The maximum Gasteiger partial charge on any atom is 0.343 e. The highest BCUT2D eigenvalue weighted by molar-refractivity contribution is 6.42. The highest BCUT2D eigenvalue weighted by Gasteiger charge is 2.20. The standard InChI is InChI=1S/C21H16Cl2N2O4/c22-18-6-3-15(12-19(18)23)21(27)29-17-4-1-14(2-5-17)11-16(13-24)20(26)25-7-9-28-10-8-25/h1-6,11-12H,7-10H2/b16-11+. The topological polar surface area (TPSA) is 79.6 Å². The predicted molar refractivity (Wildman–Crippen MR) is 109 cm³/mol. The van der Waals surface area contributed by atoms with E-state index in [1.807, 2.05) is 6.07 Å².